The lowest BCUT2D eigenvalue weighted by atomic mass is 10.1. The van der Waals surface area contributed by atoms with Gasteiger partial charge in [0.05, 0.1) is 6.61 Å². The maximum absolute atomic E-state index is 11.9. The van der Waals surface area contributed by atoms with Gasteiger partial charge in [0.2, 0.25) is 5.95 Å². The van der Waals surface area contributed by atoms with Crippen molar-refractivity contribution in [1.82, 2.24) is 19.5 Å². The predicted octanol–water partition coefficient (Wildman–Crippen LogP) is -2.81. The van der Waals surface area contributed by atoms with Gasteiger partial charge >= 0.3 is 7.82 Å². The predicted molar refractivity (Wildman–Crippen MR) is 82.4 cm³/mol. The molecule has 0 saturated carbocycles. The van der Waals surface area contributed by atoms with E-state index in [2.05, 4.69) is 19.5 Å². The minimum Gasteiger partial charge on any atom is -0.394 e. The van der Waals surface area contributed by atoms with Crippen molar-refractivity contribution in [2.45, 2.75) is 24.2 Å². The van der Waals surface area contributed by atoms with E-state index in [1.54, 1.807) is 0 Å². The number of rotatable bonds is 5. The van der Waals surface area contributed by atoms with Gasteiger partial charge in [-0.2, -0.15) is 4.98 Å². The zero-order valence-electron chi connectivity index (χ0n) is 13.2. The van der Waals surface area contributed by atoms with Gasteiger partial charge in [-0.15, -0.1) is 0 Å². The zero-order valence-corrected chi connectivity index (χ0v) is 14.1. The molecule has 0 unspecified atom stereocenters. The number of nitrogens with zero attached hydrogens (tertiary/aromatic N) is 3. The van der Waals surface area contributed by atoms with Crippen molar-refractivity contribution in [3.05, 3.63) is 16.7 Å². The molecule has 15 heteroatoms. The van der Waals surface area contributed by atoms with Gasteiger partial charge in [0.15, 0.2) is 17.3 Å². The summed E-state index contributed by atoms with van der Waals surface area (Å²) in [4.78, 5) is 40.0. The number of hydrogen-bond acceptors (Lipinski definition) is 10. The molecule has 1 aliphatic rings. The number of nitrogens with one attached hydrogen (secondary N) is 1. The number of methoxy groups -OCH3 is 1. The van der Waals surface area contributed by atoms with Gasteiger partial charge in [0.25, 0.3) is 11.5 Å². The highest BCUT2D eigenvalue weighted by Gasteiger charge is 2.59. The van der Waals surface area contributed by atoms with E-state index in [9.17, 15) is 19.6 Å². The first-order valence-corrected chi connectivity index (χ1v) is 8.65. The second kappa shape index (κ2) is 6.37. The minimum atomic E-state index is -5.03. The van der Waals surface area contributed by atoms with Gasteiger partial charge in [-0.05, 0) is 0 Å². The molecule has 144 valence electrons. The fraction of sp³-hybridized carbons (Fsp3) is 0.545. The molecule has 0 spiro atoms. The lowest BCUT2D eigenvalue weighted by molar-refractivity contribution is -0.302. The number of aromatic amines is 1. The number of imidazole rings is 1. The second-order valence-electron chi connectivity index (χ2n) is 5.42. The highest BCUT2D eigenvalue weighted by Crippen LogP contribution is 2.46. The van der Waals surface area contributed by atoms with E-state index in [-0.39, 0.29) is 17.1 Å². The Morgan fingerprint density at radius 3 is 2.81 bits per heavy atom. The van der Waals surface area contributed by atoms with Crippen LogP contribution in [0.2, 0.25) is 0 Å². The van der Waals surface area contributed by atoms with Crippen molar-refractivity contribution in [2.75, 3.05) is 19.5 Å². The Hall–Kier alpha value is -1.90. The topological polar surface area (TPSA) is 215 Å². The van der Waals surface area contributed by atoms with Gasteiger partial charge in [0, 0.05) is 7.11 Å². The molecule has 2 aromatic rings. The average molecular weight is 393 g/mol. The number of anilines is 1. The smallest absolute Gasteiger partial charge is 0.394 e. The van der Waals surface area contributed by atoms with Crippen LogP contribution in [0.3, 0.4) is 0 Å². The third kappa shape index (κ3) is 2.91. The molecule has 4 atom stereocenters. The van der Waals surface area contributed by atoms with E-state index in [1.807, 2.05) is 0 Å². The van der Waals surface area contributed by atoms with Crippen molar-refractivity contribution in [3.8, 4) is 0 Å². The lowest BCUT2D eigenvalue weighted by Crippen LogP contribution is -2.47. The summed E-state index contributed by atoms with van der Waals surface area (Å²) < 4.78 is 27.4. The zero-order chi connectivity index (χ0) is 19.3. The summed E-state index contributed by atoms with van der Waals surface area (Å²) in [5, 5.41) is 20.0. The molecule has 0 radical (unpaired) electrons. The van der Waals surface area contributed by atoms with Crippen LogP contribution in [-0.4, -0.2) is 71.5 Å². The first-order chi connectivity index (χ1) is 12.1. The van der Waals surface area contributed by atoms with Gasteiger partial charge < -0.3 is 35.2 Å². The maximum Gasteiger partial charge on any atom is 0.470 e. The molecule has 0 aromatic carbocycles. The Labute approximate surface area is 144 Å². The number of aromatic nitrogens is 4. The third-order valence-corrected chi connectivity index (χ3v) is 4.38. The van der Waals surface area contributed by atoms with Gasteiger partial charge in [0.1, 0.15) is 18.5 Å². The highest BCUT2D eigenvalue weighted by atomic mass is 31.2. The molecule has 7 N–H and O–H groups in total. The molecule has 3 rings (SSSR count). The van der Waals surface area contributed by atoms with E-state index in [0.717, 1.165) is 18.0 Å². The average Bonchev–Trinajstić information content (AvgIpc) is 3.08. The SMILES string of the molecule is CO[C@@]1(n2cnc3c(=O)[nH]c(N)nc32)O[C@H](CO)[C@@H](OP(=O)(O)O)[C@H]1O. The monoisotopic (exact) mass is 393 g/mol. The second-order valence-corrected chi connectivity index (χ2v) is 6.61. The van der Waals surface area contributed by atoms with E-state index >= 15 is 0 Å². The normalized spacial score (nSPS) is 29.5. The van der Waals surface area contributed by atoms with Gasteiger partial charge in [-0.1, -0.05) is 0 Å². The molecule has 0 aliphatic carbocycles. The van der Waals surface area contributed by atoms with Crippen LogP contribution in [0, 0.1) is 0 Å². The highest BCUT2D eigenvalue weighted by molar-refractivity contribution is 7.46. The summed E-state index contributed by atoms with van der Waals surface area (Å²) >= 11 is 0. The number of hydrogen-bond donors (Lipinski definition) is 6. The van der Waals surface area contributed by atoms with Crippen molar-refractivity contribution >= 4 is 24.9 Å². The van der Waals surface area contributed by atoms with Crippen molar-refractivity contribution in [3.63, 3.8) is 0 Å². The Morgan fingerprint density at radius 2 is 2.23 bits per heavy atom. The molecular weight excluding hydrogens is 377 g/mol. The Balaban J connectivity index is 2.15. The molecule has 1 aliphatic heterocycles. The van der Waals surface area contributed by atoms with Gasteiger partial charge in [-0.25, -0.2) is 9.55 Å². The quantitative estimate of drug-likeness (QED) is 0.284. The fourth-order valence-electron chi connectivity index (χ4n) is 2.81. The van der Waals surface area contributed by atoms with E-state index in [1.165, 1.54) is 0 Å². The van der Waals surface area contributed by atoms with Crippen molar-refractivity contribution in [2.24, 2.45) is 0 Å². The van der Waals surface area contributed by atoms with Crippen LogP contribution in [0.4, 0.5) is 5.95 Å². The number of ether oxygens (including phenoxy) is 2. The summed E-state index contributed by atoms with van der Waals surface area (Å²) in [5.41, 5.74) is 4.58. The first kappa shape index (κ1) is 18.9. The van der Waals surface area contributed by atoms with Crippen LogP contribution in [-0.2, 0) is 24.5 Å². The number of phosphoric ester groups is 1. The number of aliphatic hydroxyl groups is 2. The van der Waals surface area contributed by atoms with E-state index < -0.39 is 44.2 Å². The summed E-state index contributed by atoms with van der Waals surface area (Å²) in [6, 6.07) is 0. The fourth-order valence-corrected chi connectivity index (χ4v) is 3.38. The third-order valence-electron chi connectivity index (χ3n) is 3.86. The number of aliphatic hydroxyl groups excluding tert-OH is 2. The first-order valence-electron chi connectivity index (χ1n) is 7.12. The number of fused-ring (bicyclic) bond motifs is 1. The number of nitrogen functional groups attached to an aromatic ring is 1. The van der Waals surface area contributed by atoms with Crippen LogP contribution in [0.1, 0.15) is 0 Å². The van der Waals surface area contributed by atoms with Crippen LogP contribution in [0.5, 0.6) is 0 Å². The van der Waals surface area contributed by atoms with Crippen LogP contribution >= 0.6 is 7.82 Å². The lowest BCUT2D eigenvalue weighted by Gasteiger charge is -2.31. The summed E-state index contributed by atoms with van der Waals surface area (Å²) in [6.45, 7) is -0.754. The summed E-state index contributed by atoms with van der Waals surface area (Å²) in [6.07, 6.45) is -3.79. The van der Waals surface area contributed by atoms with Crippen LogP contribution in [0.25, 0.3) is 11.2 Å². The molecule has 1 saturated heterocycles. The molecule has 26 heavy (non-hydrogen) atoms. The number of H-pyrrole nitrogens is 1. The standard InChI is InChI=1S/C11H16N5O9P/c1-23-11(7(18)6(4(2-17)24-11)25-26(20,21)22)16-3-13-5-8(16)14-10(12)15-9(5)19/h3-4,6-7,17-18H,2H2,1H3,(H2,20,21,22)(H3,12,14,15,19)/t4-,6-,7-,11-/m1/s1. The number of phosphoric acid groups is 1. The molecule has 2 aromatic heterocycles. The Bertz CT molecular complexity index is 924. The van der Waals surface area contributed by atoms with Crippen molar-refractivity contribution < 1.29 is 38.6 Å². The Morgan fingerprint density at radius 1 is 1.54 bits per heavy atom. The summed E-state index contributed by atoms with van der Waals surface area (Å²) in [5.74, 6) is -2.39. The van der Waals surface area contributed by atoms with Gasteiger partial charge in [-0.3, -0.25) is 18.9 Å². The van der Waals surface area contributed by atoms with Crippen LogP contribution in [0.15, 0.2) is 11.1 Å². The van der Waals surface area contributed by atoms with E-state index in [4.69, 9.17) is 25.0 Å². The maximum atomic E-state index is 11.9. The van der Waals surface area contributed by atoms with Crippen LogP contribution < -0.4 is 11.3 Å². The molecule has 14 nitrogen and oxygen atoms in total. The largest absolute Gasteiger partial charge is 0.470 e. The molecule has 1 fully saturated rings. The summed E-state index contributed by atoms with van der Waals surface area (Å²) in [7, 11) is -3.91. The minimum absolute atomic E-state index is 0.124. The van der Waals surface area contributed by atoms with E-state index in [0.29, 0.717) is 0 Å². The Kier molecular flexibility index (Phi) is 4.62. The molecular formula is C11H16N5O9P. The van der Waals surface area contributed by atoms with Crippen molar-refractivity contribution in [1.29, 1.82) is 0 Å². The molecule has 0 bridgehead atoms. The molecule has 3 heterocycles. The molecule has 0 amide bonds. The number of nitrogens with two attached hydrogens (primary N) is 1.